The van der Waals surface area contributed by atoms with Crippen molar-refractivity contribution in [3.63, 3.8) is 0 Å². The van der Waals surface area contributed by atoms with E-state index < -0.39 is 0 Å². The second kappa shape index (κ2) is 11.4. The van der Waals surface area contributed by atoms with Crippen LogP contribution in [0.15, 0.2) is 24.3 Å². The predicted molar refractivity (Wildman–Crippen MR) is 170 cm³/mol. The Morgan fingerprint density at radius 1 is 1.11 bits per heavy atom. The lowest BCUT2D eigenvalue weighted by molar-refractivity contribution is -0.143. The number of esters is 1. The second-order valence-electron chi connectivity index (χ2n) is 14.0. The lowest BCUT2D eigenvalue weighted by atomic mass is 9.50. The molecule has 2 saturated carbocycles. The summed E-state index contributed by atoms with van der Waals surface area (Å²) in [7, 11) is 1.64. The Morgan fingerprint density at radius 3 is 2.59 bits per heavy atom. The molecule has 3 fully saturated rings. The van der Waals surface area contributed by atoms with Crippen molar-refractivity contribution in [2.75, 3.05) is 26.7 Å². The van der Waals surface area contributed by atoms with Crippen molar-refractivity contribution >= 4 is 35.1 Å². The van der Waals surface area contributed by atoms with Gasteiger partial charge in [0.2, 0.25) is 5.91 Å². The number of carbonyl (C=O) groups excluding carboxylic acids is 2. The molecule has 2 heterocycles. The summed E-state index contributed by atoms with van der Waals surface area (Å²) in [5.41, 5.74) is 2.82. The predicted octanol–water partition coefficient (Wildman–Crippen LogP) is 6.47. The van der Waals surface area contributed by atoms with Gasteiger partial charge < -0.3 is 19.1 Å². The van der Waals surface area contributed by atoms with Crippen LogP contribution in [-0.4, -0.2) is 66.6 Å². The molecule has 0 radical (unpaired) electrons. The highest BCUT2D eigenvalue weighted by Crippen LogP contribution is 2.66. The lowest BCUT2D eigenvalue weighted by Gasteiger charge is -2.60. The molecule has 5 atom stereocenters. The van der Waals surface area contributed by atoms with E-state index in [1.165, 1.54) is 19.8 Å². The fraction of sp³-hybridized carbons (Fsp3) is 0.600. The van der Waals surface area contributed by atoms with E-state index in [1.807, 2.05) is 12.1 Å². The van der Waals surface area contributed by atoms with Gasteiger partial charge in [-0.2, -0.15) is 0 Å². The zero-order valence-corrected chi connectivity index (χ0v) is 27.5. The molecule has 7 rings (SSSR count). The van der Waals surface area contributed by atoms with Gasteiger partial charge in [-0.15, -0.1) is 0 Å². The number of piperidine rings is 1. The fourth-order valence-electron chi connectivity index (χ4n) is 8.95. The Kier molecular flexibility index (Phi) is 7.82. The molecule has 9 heteroatoms. The average Bonchev–Trinajstić information content (AvgIpc) is 3.73. The summed E-state index contributed by atoms with van der Waals surface area (Å²) in [5.74, 6) is 3.16. The van der Waals surface area contributed by atoms with Crippen LogP contribution >= 0.6 is 23.2 Å². The van der Waals surface area contributed by atoms with E-state index in [9.17, 15) is 9.59 Å². The number of halogens is 2. The van der Waals surface area contributed by atoms with Crippen LogP contribution in [0.25, 0.3) is 0 Å². The number of hydrogen-bond acceptors (Lipinski definition) is 6. The molecule has 2 bridgehead atoms. The zero-order valence-electron chi connectivity index (χ0n) is 26.0. The van der Waals surface area contributed by atoms with Gasteiger partial charge >= 0.3 is 5.97 Å². The zero-order chi connectivity index (χ0) is 30.9. The third-order valence-electron chi connectivity index (χ3n) is 10.8. The summed E-state index contributed by atoms with van der Waals surface area (Å²) in [6.07, 6.45) is 6.35. The molecule has 0 unspecified atom stereocenters. The van der Waals surface area contributed by atoms with E-state index in [0.717, 1.165) is 67.1 Å². The minimum absolute atomic E-state index is 0.0721. The molecule has 236 valence electrons. The molecule has 1 saturated heterocycles. The van der Waals surface area contributed by atoms with Crippen LogP contribution in [0.5, 0.6) is 17.2 Å². The standard InChI is InChI=1S/C35H42Cl2N2O5/c1-19(2)17-39(31(41)14-22-7-9-25(36)26(37)13-22)27-10-8-24-28-15-23-29(43-20(3)40)16-30(42-4)33-32(23)35(24,34(27)44-33)11-12-38(28)18-21-5-6-21/h7,9,13,16,19,21,24,27-28,34H,5-6,8,10-12,14-15,17-18H2,1-4H3/t24-,27+,28+,34-,35-/m0/s1. The first-order valence-corrected chi connectivity index (χ1v) is 16.9. The molecule has 5 aliphatic rings. The quantitative estimate of drug-likeness (QED) is 0.231. The molecule has 2 aliphatic heterocycles. The van der Waals surface area contributed by atoms with Gasteiger partial charge in [0.1, 0.15) is 11.9 Å². The summed E-state index contributed by atoms with van der Waals surface area (Å²) in [4.78, 5) is 31.3. The number of carbonyl (C=O) groups is 2. The molecule has 1 spiro atoms. The van der Waals surface area contributed by atoms with Crippen molar-refractivity contribution in [2.24, 2.45) is 17.8 Å². The number of likely N-dealkylation sites (tertiary alicyclic amines) is 1. The molecule has 0 aromatic heterocycles. The number of hydrogen-bond donors (Lipinski definition) is 0. The minimum Gasteiger partial charge on any atom is -0.493 e. The Balaban J connectivity index is 1.31. The number of ether oxygens (including phenoxy) is 3. The van der Waals surface area contributed by atoms with Crippen LogP contribution in [0.1, 0.15) is 69.6 Å². The van der Waals surface area contributed by atoms with Crippen molar-refractivity contribution in [3.8, 4) is 17.2 Å². The third-order valence-corrected chi connectivity index (χ3v) is 11.5. The normalized spacial score (nSPS) is 28.3. The summed E-state index contributed by atoms with van der Waals surface area (Å²) in [6, 6.07) is 7.52. The van der Waals surface area contributed by atoms with Gasteiger partial charge in [0.15, 0.2) is 11.5 Å². The van der Waals surface area contributed by atoms with Gasteiger partial charge in [0, 0.05) is 48.7 Å². The maximum Gasteiger partial charge on any atom is 0.308 e. The van der Waals surface area contributed by atoms with E-state index in [1.54, 1.807) is 19.2 Å². The SMILES string of the molecule is COc1cc(OC(C)=O)c2c3c1O[C@H]1[C@H](N(CC(C)C)C(=O)Cc4ccc(Cl)c(Cl)c4)CC[C@H]4[C@@H](C2)N(CC2CC2)CC[C@@]341. The number of methoxy groups -OCH3 is 1. The van der Waals surface area contributed by atoms with Gasteiger partial charge in [-0.3, -0.25) is 14.5 Å². The number of nitrogens with zero attached hydrogens (tertiary/aromatic N) is 2. The highest BCUT2D eigenvalue weighted by molar-refractivity contribution is 6.42. The van der Waals surface area contributed by atoms with E-state index in [0.29, 0.717) is 40.0 Å². The van der Waals surface area contributed by atoms with Gasteiger partial charge in [0.25, 0.3) is 0 Å². The van der Waals surface area contributed by atoms with Crippen molar-refractivity contribution in [2.45, 2.75) is 89.3 Å². The molecule has 2 aromatic carbocycles. The molecule has 3 aliphatic carbocycles. The number of rotatable bonds is 9. The molecule has 1 amide bonds. The van der Waals surface area contributed by atoms with Crippen LogP contribution in [0.4, 0.5) is 0 Å². The number of benzene rings is 2. The molecule has 7 nitrogen and oxygen atoms in total. The van der Waals surface area contributed by atoms with Crippen molar-refractivity contribution in [1.82, 2.24) is 9.80 Å². The highest BCUT2D eigenvalue weighted by Gasteiger charge is 2.67. The van der Waals surface area contributed by atoms with Crippen molar-refractivity contribution < 1.29 is 23.8 Å². The van der Waals surface area contributed by atoms with Gasteiger partial charge in [0.05, 0.1) is 29.6 Å². The first kappa shape index (κ1) is 30.2. The monoisotopic (exact) mass is 640 g/mol. The van der Waals surface area contributed by atoms with E-state index >= 15 is 0 Å². The molecule has 2 aromatic rings. The Hall–Kier alpha value is -2.48. The molecule has 44 heavy (non-hydrogen) atoms. The maximum atomic E-state index is 14.2. The van der Waals surface area contributed by atoms with Crippen LogP contribution in [0, 0.1) is 17.8 Å². The third kappa shape index (κ3) is 4.98. The van der Waals surface area contributed by atoms with Crippen molar-refractivity contribution in [3.05, 3.63) is 51.0 Å². The van der Waals surface area contributed by atoms with E-state index in [-0.39, 0.29) is 41.8 Å². The maximum absolute atomic E-state index is 14.2. The molecular weight excluding hydrogens is 599 g/mol. The summed E-state index contributed by atoms with van der Waals surface area (Å²) in [6.45, 7) is 8.55. The summed E-state index contributed by atoms with van der Waals surface area (Å²) >= 11 is 12.5. The second-order valence-corrected chi connectivity index (χ2v) is 14.8. The summed E-state index contributed by atoms with van der Waals surface area (Å²) in [5, 5.41) is 0.935. The molecular formula is C35H42Cl2N2O5. The van der Waals surface area contributed by atoms with Crippen LogP contribution in [0.3, 0.4) is 0 Å². The van der Waals surface area contributed by atoms with Crippen LogP contribution < -0.4 is 14.2 Å². The van der Waals surface area contributed by atoms with Gasteiger partial charge in [-0.25, -0.2) is 0 Å². The Morgan fingerprint density at radius 2 is 1.91 bits per heavy atom. The Bertz CT molecular complexity index is 1490. The molecule has 0 N–H and O–H groups in total. The largest absolute Gasteiger partial charge is 0.493 e. The van der Waals surface area contributed by atoms with Gasteiger partial charge in [-0.05, 0) is 80.5 Å². The smallest absolute Gasteiger partial charge is 0.308 e. The average molecular weight is 642 g/mol. The first-order valence-electron chi connectivity index (χ1n) is 16.2. The summed E-state index contributed by atoms with van der Waals surface area (Å²) < 4.78 is 18.8. The van der Waals surface area contributed by atoms with Crippen LogP contribution in [-0.2, 0) is 27.8 Å². The fourth-order valence-corrected chi connectivity index (χ4v) is 9.27. The minimum atomic E-state index is -0.337. The van der Waals surface area contributed by atoms with E-state index in [4.69, 9.17) is 37.4 Å². The topological polar surface area (TPSA) is 68.3 Å². The Labute approximate surface area is 270 Å². The van der Waals surface area contributed by atoms with E-state index in [2.05, 4.69) is 23.6 Å². The van der Waals surface area contributed by atoms with Crippen molar-refractivity contribution in [1.29, 1.82) is 0 Å². The number of amides is 1. The first-order chi connectivity index (χ1) is 21.1. The van der Waals surface area contributed by atoms with Crippen LogP contribution in [0.2, 0.25) is 10.0 Å². The lowest BCUT2D eigenvalue weighted by Crippen LogP contribution is -2.69. The van der Waals surface area contributed by atoms with Gasteiger partial charge in [-0.1, -0.05) is 43.1 Å². The highest BCUT2D eigenvalue weighted by atomic mass is 35.5.